The Morgan fingerprint density at radius 3 is 2.85 bits per heavy atom. The Morgan fingerprint density at radius 1 is 1.37 bits per heavy atom. The number of ether oxygens (including phenoxy) is 1. The number of benzene rings is 1. The van der Waals surface area contributed by atoms with Crippen molar-refractivity contribution in [2.45, 2.75) is 39.7 Å². The van der Waals surface area contributed by atoms with Gasteiger partial charge in [-0.3, -0.25) is 4.68 Å². The molecule has 0 saturated heterocycles. The molecule has 27 heavy (non-hydrogen) atoms. The predicted octanol–water partition coefficient (Wildman–Crippen LogP) is 5.18. The summed E-state index contributed by atoms with van der Waals surface area (Å²) in [7, 11) is 0. The smallest absolute Gasteiger partial charge is 0.347 e. The van der Waals surface area contributed by atoms with E-state index in [1.165, 1.54) is 11.3 Å². The fraction of sp³-hybridized carbons (Fsp3) is 0.286. The summed E-state index contributed by atoms with van der Waals surface area (Å²) < 4.78 is 7.36. The van der Waals surface area contributed by atoms with Gasteiger partial charge in [0.1, 0.15) is 17.0 Å². The number of nitriles is 1. The summed E-state index contributed by atoms with van der Waals surface area (Å²) in [5.41, 5.74) is 3.02. The van der Waals surface area contributed by atoms with Crippen LogP contribution >= 0.6 is 11.3 Å². The highest BCUT2D eigenvalue weighted by atomic mass is 32.1. The van der Waals surface area contributed by atoms with Crippen molar-refractivity contribution < 1.29 is 9.53 Å². The summed E-state index contributed by atoms with van der Waals surface area (Å²) in [6.07, 6.45) is 1.99. The molecule has 0 saturated carbocycles. The second-order valence-electron chi connectivity index (χ2n) is 6.61. The van der Waals surface area contributed by atoms with Crippen LogP contribution in [-0.2, 0) is 6.54 Å². The Morgan fingerprint density at radius 2 is 2.19 bits per heavy atom. The third-order valence-corrected chi connectivity index (χ3v) is 5.15. The van der Waals surface area contributed by atoms with E-state index in [1.54, 1.807) is 10.9 Å². The van der Waals surface area contributed by atoms with Gasteiger partial charge in [-0.1, -0.05) is 32.0 Å². The summed E-state index contributed by atoms with van der Waals surface area (Å²) in [4.78, 5) is 13.8. The molecule has 3 rings (SSSR count). The molecule has 2 aromatic heterocycles. The summed E-state index contributed by atoms with van der Waals surface area (Å²) in [5, 5.41) is 15.2. The van der Waals surface area contributed by atoms with Gasteiger partial charge in [0.05, 0.1) is 23.9 Å². The van der Waals surface area contributed by atoms with Gasteiger partial charge in [-0.2, -0.15) is 10.4 Å². The van der Waals surface area contributed by atoms with Crippen LogP contribution in [0.25, 0.3) is 10.6 Å². The first-order valence-corrected chi connectivity index (χ1v) is 9.68. The molecule has 0 aliphatic carbocycles. The van der Waals surface area contributed by atoms with E-state index >= 15 is 0 Å². The highest BCUT2D eigenvalue weighted by Crippen LogP contribution is 2.29. The monoisotopic (exact) mass is 379 g/mol. The van der Waals surface area contributed by atoms with Crippen LogP contribution in [-0.4, -0.2) is 15.7 Å². The average Bonchev–Trinajstić information content (AvgIpc) is 3.30. The van der Waals surface area contributed by atoms with E-state index in [9.17, 15) is 4.79 Å². The van der Waals surface area contributed by atoms with Crippen molar-refractivity contribution in [3.05, 3.63) is 58.6 Å². The number of rotatable bonds is 6. The van der Waals surface area contributed by atoms with E-state index in [4.69, 9.17) is 10.00 Å². The minimum absolute atomic E-state index is 0.329. The lowest BCUT2D eigenvalue weighted by atomic mass is 10.0. The first-order chi connectivity index (χ1) is 13.0. The van der Waals surface area contributed by atoms with E-state index in [1.807, 2.05) is 42.6 Å². The van der Waals surface area contributed by atoms with E-state index in [0.29, 0.717) is 35.9 Å². The average molecular weight is 379 g/mol. The fourth-order valence-electron chi connectivity index (χ4n) is 2.69. The number of aromatic nitrogens is 2. The summed E-state index contributed by atoms with van der Waals surface area (Å²) in [6, 6.07) is 11.9. The zero-order valence-corrected chi connectivity index (χ0v) is 16.4. The molecule has 1 aromatic carbocycles. The van der Waals surface area contributed by atoms with Crippen molar-refractivity contribution >= 4 is 17.3 Å². The third kappa shape index (κ3) is 4.26. The molecule has 0 radical (unpaired) electrons. The van der Waals surface area contributed by atoms with Crippen LogP contribution in [0, 0.1) is 18.3 Å². The van der Waals surface area contributed by atoms with Gasteiger partial charge in [0.25, 0.3) is 0 Å². The van der Waals surface area contributed by atoms with Gasteiger partial charge < -0.3 is 4.74 Å². The topological polar surface area (TPSA) is 67.9 Å². The molecule has 6 heteroatoms. The Hall–Kier alpha value is -2.91. The lowest BCUT2D eigenvalue weighted by molar-refractivity contribution is 0.0734. The maximum absolute atomic E-state index is 12.9. The Bertz CT molecular complexity index is 982. The zero-order chi connectivity index (χ0) is 19.4. The maximum atomic E-state index is 12.9. The van der Waals surface area contributed by atoms with Gasteiger partial charge in [0.15, 0.2) is 0 Å². The molecular formula is C21H21N3O2S. The minimum atomic E-state index is -0.439. The van der Waals surface area contributed by atoms with Crippen molar-refractivity contribution in [2.24, 2.45) is 0 Å². The SMILES string of the molecule is Cc1ccc(C(C)C)cc1OC(=O)c1cn(CCC#N)nc1-c1cccs1. The normalized spacial score (nSPS) is 10.8. The predicted molar refractivity (Wildman–Crippen MR) is 106 cm³/mol. The summed E-state index contributed by atoms with van der Waals surface area (Å²) >= 11 is 1.51. The molecule has 0 unspecified atom stereocenters. The van der Waals surface area contributed by atoms with E-state index < -0.39 is 5.97 Å². The number of thiophene rings is 1. The molecule has 0 N–H and O–H groups in total. The van der Waals surface area contributed by atoms with Gasteiger partial charge >= 0.3 is 5.97 Å². The van der Waals surface area contributed by atoms with Gasteiger partial charge in [0, 0.05) is 6.20 Å². The number of nitrogens with zero attached hydrogens (tertiary/aromatic N) is 3. The second-order valence-corrected chi connectivity index (χ2v) is 7.56. The largest absolute Gasteiger partial charge is 0.423 e. The number of esters is 1. The lowest BCUT2D eigenvalue weighted by Crippen LogP contribution is -2.10. The number of hydrogen-bond donors (Lipinski definition) is 0. The number of hydrogen-bond acceptors (Lipinski definition) is 5. The number of carbonyl (C=O) groups is 1. The second kappa shape index (κ2) is 8.19. The quantitative estimate of drug-likeness (QED) is 0.437. The number of aryl methyl sites for hydroxylation is 2. The Labute approximate surface area is 162 Å². The zero-order valence-electron chi connectivity index (χ0n) is 15.6. The Kier molecular flexibility index (Phi) is 5.72. The van der Waals surface area contributed by atoms with Crippen LogP contribution in [0.4, 0.5) is 0 Å². The van der Waals surface area contributed by atoms with Crippen LogP contribution in [0.1, 0.15) is 47.7 Å². The van der Waals surface area contributed by atoms with Crippen molar-refractivity contribution in [2.75, 3.05) is 0 Å². The molecule has 5 nitrogen and oxygen atoms in total. The van der Waals surface area contributed by atoms with E-state index in [-0.39, 0.29) is 0 Å². The van der Waals surface area contributed by atoms with Crippen LogP contribution in [0.5, 0.6) is 5.75 Å². The molecule has 0 spiro atoms. The van der Waals surface area contributed by atoms with Gasteiger partial charge in [-0.15, -0.1) is 11.3 Å². The molecule has 0 aliphatic rings. The molecule has 3 aromatic rings. The highest BCUT2D eigenvalue weighted by molar-refractivity contribution is 7.13. The third-order valence-electron chi connectivity index (χ3n) is 4.27. The van der Waals surface area contributed by atoms with Gasteiger partial charge in [0.2, 0.25) is 0 Å². The van der Waals surface area contributed by atoms with E-state index in [2.05, 4.69) is 25.0 Å². The number of carbonyl (C=O) groups excluding carboxylic acids is 1. The molecule has 0 aliphatic heterocycles. The van der Waals surface area contributed by atoms with Gasteiger partial charge in [-0.25, -0.2) is 4.79 Å². The molecule has 0 fully saturated rings. The molecule has 138 valence electrons. The highest BCUT2D eigenvalue weighted by Gasteiger charge is 2.21. The van der Waals surface area contributed by atoms with Crippen LogP contribution in [0.15, 0.2) is 41.9 Å². The van der Waals surface area contributed by atoms with E-state index in [0.717, 1.165) is 16.0 Å². The molecule has 0 amide bonds. The molecule has 2 heterocycles. The first-order valence-electron chi connectivity index (χ1n) is 8.80. The van der Waals surface area contributed by atoms with Crippen molar-refractivity contribution in [3.8, 4) is 22.4 Å². The van der Waals surface area contributed by atoms with Crippen LogP contribution < -0.4 is 4.74 Å². The van der Waals surface area contributed by atoms with Crippen molar-refractivity contribution in [1.29, 1.82) is 5.26 Å². The fourth-order valence-corrected chi connectivity index (χ4v) is 3.41. The van der Waals surface area contributed by atoms with Crippen LogP contribution in [0.2, 0.25) is 0 Å². The summed E-state index contributed by atoms with van der Waals surface area (Å²) in [6.45, 7) is 6.56. The minimum Gasteiger partial charge on any atom is -0.423 e. The summed E-state index contributed by atoms with van der Waals surface area (Å²) in [5.74, 6) is 0.470. The maximum Gasteiger partial charge on any atom is 0.347 e. The Balaban J connectivity index is 1.93. The first kappa shape index (κ1) is 18.9. The van der Waals surface area contributed by atoms with Crippen LogP contribution in [0.3, 0.4) is 0 Å². The lowest BCUT2D eigenvalue weighted by Gasteiger charge is -2.11. The standard InChI is InChI=1S/C21H21N3O2S/c1-14(2)16-8-7-15(3)18(12-16)26-21(25)17-13-24(10-5-9-22)23-20(17)19-6-4-11-27-19/h4,6-8,11-14H,5,10H2,1-3H3. The molecular weight excluding hydrogens is 358 g/mol. The molecule has 0 atom stereocenters. The van der Waals surface area contributed by atoms with Crippen molar-refractivity contribution in [3.63, 3.8) is 0 Å². The van der Waals surface area contributed by atoms with Crippen molar-refractivity contribution in [1.82, 2.24) is 9.78 Å². The molecule has 0 bridgehead atoms. The van der Waals surface area contributed by atoms with Gasteiger partial charge in [-0.05, 0) is 41.5 Å².